The van der Waals surface area contributed by atoms with Gasteiger partial charge in [-0.15, -0.1) is 0 Å². The molecule has 1 aromatic carbocycles. The molecule has 0 spiro atoms. The van der Waals surface area contributed by atoms with Gasteiger partial charge < -0.3 is 4.90 Å². The molecule has 1 aromatic rings. The Balaban J connectivity index is 2.16. The number of rotatable bonds is 1. The van der Waals surface area contributed by atoms with Crippen molar-refractivity contribution in [3.63, 3.8) is 0 Å². The topological polar surface area (TPSA) is 37.4 Å². The number of hydrogen-bond donors (Lipinski definition) is 0. The SMILES string of the molecule is CC1CN(C(=O)c2ccc(F)c(F)c2)CCC1=O. The van der Waals surface area contributed by atoms with Crippen molar-refractivity contribution >= 4 is 11.7 Å². The molecule has 2 rings (SSSR count). The third-order valence-corrected chi connectivity index (χ3v) is 3.13. The number of nitrogens with zero attached hydrogens (tertiary/aromatic N) is 1. The van der Waals surface area contributed by atoms with Crippen LogP contribution < -0.4 is 0 Å². The van der Waals surface area contributed by atoms with Crippen molar-refractivity contribution in [2.45, 2.75) is 13.3 Å². The Morgan fingerprint density at radius 3 is 2.67 bits per heavy atom. The summed E-state index contributed by atoms with van der Waals surface area (Å²) in [7, 11) is 0. The molecular weight excluding hydrogens is 240 g/mol. The summed E-state index contributed by atoms with van der Waals surface area (Å²) in [6.45, 7) is 2.42. The number of carbonyl (C=O) groups is 2. The molecule has 96 valence electrons. The maximum absolute atomic E-state index is 13.0. The molecule has 0 saturated carbocycles. The van der Waals surface area contributed by atoms with E-state index in [1.807, 2.05) is 0 Å². The highest BCUT2D eigenvalue weighted by molar-refractivity contribution is 5.95. The van der Waals surface area contributed by atoms with Gasteiger partial charge in [0, 0.05) is 31.0 Å². The van der Waals surface area contributed by atoms with E-state index in [0.29, 0.717) is 19.5 Å². The average molecular weight is 253 g/mol. The van der Waals surface area contributed by atoms with Crippen LogP contribution >= 0.6 is 0 Å². The van der Waals surface area contributed by atoms with Gasteiger partial charge in [-0.1, -0.05) is 6.92 Å². The van der Waals surface area contributed by atoms with Crippen LogP contribution in [0.2, 0.25) is 0 Å². The van der Waals surface area contributed by atoms with Gasteiger partial charge in [0.15, 0.2) is 11.6 Å². The first-order valence-electron chi connectivity index (χ1n) is 5.76. The van der Waals surface area contributed by atoms with Gasteiger partial charge in [0.1, 0.15) is 5.78 Å². The first-order chi connectivity index (χ1) is 8.49. The molecule has 1 unspecified atom stereocenters. The lowest BCUT2D eigenvalue weighted by Crippen LogP contribution is -2.43. The second-order valence-corrected chi connectivity index (χ2v) is 4.50. The van der Waals surface area contributed by atoms with E-state index in [9.17, 15) is 18.4 Å². The zero-order valence-electron chi connectivity index (χ0n) is 9.95. The van der Waals surface area contributed by atoms with E-state index in [0.717, 1.165) is 12.1 Å². The summed E-state index contributed by atoms with van der Waals surface area (Å²) in [6, 6.07) is 3.07. The molecule has 1 saturated heterocycles. The lowest BCUT2D eigenvalue weighted by atomic mass is 9.98. The molecule has 5 heteroatoms. The van der Waals surface area contributed by atoms with E-state index in [4.69, 9.17) is 0 Å². The molecule has 1 atom stereocenters. The monoisotopic (exact) mass is 253 g/mol. The van der Waals surface area contributed by atoms with Gasteiger partial charge in [-0.05, 0) is 18.2 Å². The predicted molar refractivity (Wildman–Crippen MR) is 61.0 cm³/mol. The largest absolute Gasteiger partial charge is 0.337 e. The maximum Gasteiger partial charge on any atom is 0.253 e. The van der Waals surface area contributed by atoms with E-state index < -0.39 is 11.6 Å². The first-order valence-corrected chi connectivity index (χ1v) is 5.76. The Hall–Kier alpha value is -1.78. The molecule has 1 aliphatic rings. The van der Waals surface area contributed by atoms with Crippen LogP contribution in [0.1, 0.15) is 23.7 Å². The van der Waals surface area contributed by atoms with Gasteiger partial charge in [0.2, 0.25) is 0 Å². The van der Waals surface area contributed by atoms with Gasteiger partial charge in [0.25, 0.3) is 5.91 Å². The number of hydrogen-bond acceptors (Lipinski definition) is 2. The molecule has 0 N–H and O–H groups in total. The summed E-state index contributed by atoms with van der Waals surface area (Å²) in [5, 5.41) is 0. The fourth-order valence-electron chi connectivity index (χ4n) is 2.01. The van der Waals surface area contributed by atoms with Crippen LogP contribution in [0.4, 0.5) is 8.78 Å². The molecule has 18 heavy (non-hydrogen) atoms. The minimum absolute atomic E-state index is 0.107. The first kappa shape index (κ1) is 12.7. The fourth-order valence-corrected chi connectivity index (χ4v) is 2.01. The molecule has 0 bridgehead atoms. The van der Waals surface area contributed by atoms with E-state index in [1.54, 1.807) is 6.92 Å². The molecule has 1 amide bonds. The van der Waals surface area contributed by atoms with Crippen LogP contribution in [-0.4, -0.2) is 29.7 Å². The number of ketones is 1. The highest BCUT2D eigenvalue weighted by Crippen LogP contribution is 2.17. The molecule has 1 fully saturated rings. The van der Waals surface area contributed by atoms with Crippen LogP contribution in [0, 0.1) is 17.6 Å². The van der Waals surface area contributed by atoms with Crippen molar-refractivity contribution in [3.05, 3.63) is 35.4 Å². The highest BCUT2D eigenvalue weighted by Gasteiger charge is 2.27. The minimum atomic E-state index is -1.04. The fraction of sp³-hybridized carbons (Fsp3) is 0.385. The summed E-state index contributed by atoms with van der Waals surface area (Å²) in [5.41, 5.74) is 0.107. The highest BCUT2D eigenvalue weighted by atomic mass is 19.2. The normalized spacial score (nSPS) is 20.1. The smallest absolute Gasteiger partial charge is 0.253 e. The van der Waals surface area contributed by atoms with Gasteiger partial charge in [0.05, 0.1) is 0 Å². The van der Waals surface area contributed by atoms with Crippen molar-refractivity contribution in [1.82, 2.24) is 4.90 Å². The standard InChI is InChI=1S/C13H13F2NO2/c1-8-7-16(5-4-12(8)17)13(18)9-2-3-10(14)11(15)6-9/h2-3,6,8H,4-5,7H2,1H3. The van der Waals surface area contributed by atoms with Crippen molar-refractivity contribution < 1.29 is 18.4 Å². The van der Waals surface area contributed by atoms with E-state index >= 15 is 0 Å². The second kappa shape index (κ2) is 4.84. The van der Waals surface area contributed by atoms with Gasteiger partial charge >= 0.3 is 0 Å². The van der Waals surface area contributed by atoms with Crippen molar-refractivity contribution in [2.24, 2.45) is 5.92 Å². The van der Waals surface area contributed by atoms with E-state index in [2.05, 4.69) is 0 Å². The predicted octanol–water partition coefficient (Wildman–Crippen LogP) is 2.02. The Morgan fingerprint density at radius 2 is 2.06 bits per heavy atom. The number of likely N-dealkylation sites (tertiary alicyclic amines) is 1. The van der Waals surface area contributed by atoms with Crippen LogP contribution in [0.25, 0.3) is 0 Å². The number of Topliss-reactive ketones (excluding diaryl/α,β-unsaturated/α-hetero) is 1. The Kier molecular flexibility index (Phi) is 3.41. The van der Waals surface area contributed by atoms with Gasteiger partial charge in [-0.3, -0.25) is 9.59 Å². The number of amides is 1. The van der Waals surface area contributed by atoms with Crippen molar-refractivity contribution in [1.29, 1.82) is 0 Å². The maximum atomic E-state index is 13.0. The van der Waals surface area contributed by atoms with Gasteiger partial charge in [-0.2, -0.15) is 0 Å². The summed E-state index contributed by atoms with van der Waals surface area (Å²) in [6.07, 6.45) is 0.316. The number of halogens is 2. The number of piperidine rings is 1. The van der Waals surface area contributed by atoms with Gasteiger partial charge in [-0.25, -0.2) is 8.78 Å². The Labute approximate surface area is 103 Å². The van der Waals surface area contributed by atoms with Crippen molar-refractivity contribution in [3.8, 4) is 0 Å². The van der Waals surface area contributed by atoms with Crippen LogP contribution in [0.5, 0.6) is 0 Å². The van der Waals surface area contributed by atoms with E-state index in [-0.39, 0.29) is 23.2 Å². The molecule has 1 heterocycles. The third-order valence-electron chi connectivity index (χ3n) is 3.13. The van der Waals surface area contributed by atoms with E-state index in [1.165, 1.54) is 11.0 Å². The van der Waals surface area contributed by atoms with Crippen molar-refractivity contribution in [2.75, 3.05) is 13.1 Å². The summed E-state index contributed by atoms with van der Waals surface area (Å²) >= 11 is 0. The molecule has 1 aliphatic heterocycles. The Morgan fingerprint density at radius 1 is 1.33 bits per heavy atom. The summed E-state index contributed by atoms with van der Waals surface area (Å²) < 4.78 is 25.8. The molecule has 0 aromatic heterocycles. The average Bonchev–Trinajstić information content (AvgIpc) is 2.35. The van der Waals surface area contributed by atoms with Crippen LogP contribution in [0.3, 0.4) is 0 Å². The third kappa shape index (κ3) is 2.39. The van der Waals surface area contributed by atoms with Crippen LogP contribution in [-0.2, 0) is 4.79 Å². The zero-order chi connectivity index (χ0) is 13.3. The minimum Gasteiger partial charge on any atom is -0.337 e. The quantitative estimate of drug-likeness (QED) is 0.767. The lowest BCUT2D eigenvalue weighted by Gasteiger charge is -2.30. The molecular formula is C13H13F2NO2. The summed E-state index contributed by atoms with van der Waals surface area (Å²) in [5.74, 6) is -2.46. The lowest BCUT2D eigenvalue weighted by molar-refractivity contribution is -0.124. The molecule has 0 radical (unpaired) electrons. The molecule has 3 nitrogen and oxygen atoms in total. The molecule has 0 aliphatic carbocycles. The second-order valence-electron chi connectivity index (χ2n) is 4.50. The number of benzene rings is 1. The van der Waals surface area contributed by atoms with Crippen LogP contribution in [0.15, 0.2) is 18.2 Å². The zero-order valence-corrected chi connectivity index (χ0v) is 9.95. The number of carbonyl (C=O) groups excluding carboxylic acids is 2. The summed E-state index contributed by atoms with van der Waals surface area (Å²) in [4.78, 5) is 24.9. The Bertz CT molecular complexity index is 502.